The number of para-hydroxylation sites is 1. The molecule has 1 atom stereocenters. The second-order valence-corrected chi connectivity index (χ2v) is 8.13. The molecule has 0 aliphatic carbocycles. The molecular weight excluding hydrogens is 422 g/mol. The molecule has 0 bridgehead atoms. The number of aryl methyl sites for hydroxylation is 1. The summed E-state index contributed by atoms with van der Waals surface area (Å²) in [5.41, 5.74) is 3.89. The number of carbonyl (C=O) groups excluding carboxylic acids is 1. The smallest absolute Gasteiger partial charge is 0.337 e. The standard InChI is InChI=1S/C25H23N3O3S/c1-3-17-15-21(31-20-7-5-4-6-8-20)13-14-22(17)23(32-25-26-16-27-28-25)18-9-11-19(12-10-18)24(29)30-2/h4-16,23H,3H2,1-2H3,(H,26,27,28). The number of hydrogen-bond donors (Lipinski definition) is 1. The fraction of sp³-hybridized carbons (Fsp3) is 0.160. The zero-order valence-corrected chi connectivity index (χ0v) is 18.6. The van der Waals surface area contributed by atoms with Crippen LogP contribution in [0.3, 0.4) is 0 Å². The Kier molecular flexibility index (Phi) is 6.87. The molecule has 32 heavy (non-hydrogen) atoms. The molecule has 0 fully saturated rings. The van der Waals surface area contributed by atoms with E-state index in [0.29, 0.717) is 5.56 Å². The SMILES string of the molecule is CCc1cc(Oc2ccccc2)ccc1C(Sc1ncn[nH]1)c1ccc(C(=O)OC)cc1. The number of carbonyl (C=O) groups is 1. The molecule has 4 rings (SSSR count). The summed E-state index contributed by atoms with van der Waals surface area (Å²) in [5.74, 6) is 1.24. The predicted molar refractivity (Wildman–Crippen MR) is 124 cm³/mol. The highest BCUT2D eigenvalue weighted by molar-refractivity contribution is 7.99. The molecule has 0 amide bonds. The van der Waals surface area contributed by atoms with Crippen molar-refractivity contribution in [3.05, 3.63) is 101 Å². The van der Waals surface area contributed by atoms with Gasteiger partial charge in [-0.25, -0.2) is 9.78 Å². The number of rotatable bonds is 8. The van der Waals surface area contributed by atoms with Crippen LogP contribution >= 0.6 is 11.8 Å². The number of nitrogens with one attached hydrogen (secondary N) is 1. The maximum absolute atomic E-state index is 11.8. The van der Waals surface area contributed by atoms with Gasteiger partial charge in [0.1, 0.15) is 17.8 Å². The Hall–Kier alpha value is -3.58. The van der Waals surface area contributed by atoms with Crippen molar-refractivity contribution in [2.45, 2.75) is 23.8 Å². The molecule has 0 radical (unpaired) electrons. The van der Waals surface area contributed by atoms with E-state index in [4.69, 9.17) is 9.47 Å². The summed E-state index contributed by atoms with van der Waals surface area (Å²) in [5, 5.41) is 7.58. The van der Waals surface area contributed by atoms with Gasteiger partial charge < -0.3 is 9.47 Å². The highest BCUT2D eigenvalue weighted by atomic mass is 32.2. The molecule has 0 aliphatic rings. The van der Waals surface area contributed by atoms with Gasteiger partial charge in [0.15, 0.2) is 5.16 Å². The average molecular weight is 446 g/mol. The lowest BCUT2D eigenvalue weighted by Gasteiger charge is -2.20. The number of methoxy groups -OCH3 is 1. The average Bonchev–Trinajstić information content (AvgIpc) is 3.36. The molecule has 1 unspecified atom stereocenters. The second-order valence-electron chi connectivity index (χ2n) is 7.03. The van der Waals surface area contributed by atoms with Crippen molar-refractivity contribution in [2.24, 2.45) is 0 Å². The van der Waals surface area contributed by atoms with Crippen molar-refractivity contribution in [3.63, 3.8) is 0 Å². The third-order valence-electron chi connectivity index (χ3n) is 5.01. The van der Waals surface area contributed by atoms with Crippen LogP contribution in [0.4, 0.5) is 0 Å². The third kappa shape index (κ3) is 5.00. The normalized spacial score (nSPS) is 11.7. The molecule has 7 heteroatoms. The number of ether oxygens (including phenoxy) is 2. The van der Waals surface area contributed by atoms with Crippen LogP contribution in [0.5, 0.6) is 11.5 Å². The Morgan fingerprint density at radius 3 is 2.47 bits per heavy atom. The first kappa shape index (κ1) is 21.6. The molecule has 0 spiro atoms. The molecule has 4 aromatic rings. The maximum atomic E-state index is 11.8. The summed E-state index contributed by atoms with van der Waals surface area (Å²) in [4.78, 5) is 16.1. The number of benzene rings is 3. The van der Waals surface area contributed by atoms with Crippen molar-refractivity contribution in [1.29, 1.82) is 0 Å². The van der Waals surface area contributed by atoms with E-state index >= 15 is 0 Å². The van der Waals surface area contributed by atoms with E-state index < -0.39 is 0 Å². The summed E-state index contributed by atoms with van der Waals surface area (Å²) in [6, 6.07) is 23.4. The van der Waals surface area contributed by atoms with Crippen LogP contribution in [0.2, 0.25) is 0 Å². The lowest BCUT2D eigenvalue weighted by atomic mass is 9.96. The van der Waals surface area contributed by atoms with Gasteiger partial charge in [-0.05, 0) is 59.5 Å². The lowest BCUT2D eigenvalue weighted by molar-refractivity contribution is 0.0600. The van der Waals surface area contributed by atoms with Crippen LogP contribution in [-0.2, 0) is 11.2 Å². The Labute approximate surface area is 191 Å². The van der Waals surface area contributed by atoms with E-state index in [1.165, 1.54) is 19.0 Å². The van der Waals surface area contributed by atoms with Gasteiger partial charge in [-0.2, -0.15) is 5.10 Å². The number of aromatic amines is 1. The van der Waals surface area contributed by atoms with Crippen molar-refractivity contribution < 1.29 is 14.3 Å². The first-order chi connectivity index (χ1) is 15.7. The van der Waals surface area contributed by atoms with Crippen molar-refractivity contribution in [1.82, 2.24) is 15.2 Å². The Balaban J connectivity index is 1.69. The van der Waals surface area contributed by atoms with Gasteiger partial charge in [-0.1, -0.05) is 55.1 Å². The molecule has 0 aliphatic heterocycles. The van der Waals surface area contributed by atoms with E-state index in [0.717, 1.165) is 34.2 Å². The minimum Gasteiger partial charge on any atom is -0.465 e. The second kappa shape index (κ2) is 10.2. The zero-order chi connectivity index (χ0) is 22.3. The van der Waals surface area contributed by atoms with Gasteiger partial charge in [-0.15, -0.1) is 0 Å². The fourth-order valence-electron chi connectivity index (χ4n) is 3.42. The van der Waals surface area contributed by atoms with E-state index in [1.807, 2.05) is 48.5 Å². The quantitative estimate of drug-likeness (QED) is 0.272. The zero-order valence-electron chi connectivity index (χ0n) is 17.8. The first-order valence-corrected chi connectivity index (χ1v) is 11.1. The number of H-pyrrole nitrogens is 1. The molecule has 1 N–H and O–H groups in total. The molecule has 0 saturated heterocycles. The Morgan fingerprint density at radius 2 is 1.81 bits per heavy atom. The van der Waals surface area contributed by atoms with Gasteiger partial charge >= 0.3 is 5.97 Å². The molecule has 6 nitrogen and oxygen atoms in total. The van der Waals surface area contributed by atoms with Gasteiger partial charge in [0.2, 0.25) is 0 Å². The number of esters is 1. The van der Waals surface area contributed by atoms with Crippen molar-refractivity contribution in [2.75, 3.05) is 7.11 Å². The first-order valence-electron chi connectivity index (χ1n) is 10.2. The molecular formula is C25H23N3O3S. The minimum absolute atomic E-state index is 0.0460. The van der Waals surface area contributed by atoms with Crippen LogP contribution < -0.4 is 4.74 Å². The minimum atomic E-state index is -0.354. The van der Waals surface area contributed by atoms with E-state index in [-0.39, 0.29) is 11.2 Å². The summed E-state index contributed by atoms with van der Waals surface area (Å²) in [7, 11) is 1.38. The summed E-state index contributed by atoms with van der Waals surface area (Å²) >= 11 is 1.57. The van der Waals surface area contributed by atoms with Gasteiger partial charge in [-0.3, -0.25) is 5.10 Å². The molecule has 3 aromatic carbocycles. The van der Waals surface area contributed by atoms with Crippen molar-refractivity contribution >= 4 is 17.7 Å². The lowest BCUT2D eigenvalue weighted by Crippen LogP contribution is -2.05. The topological polar surface area (TPSA) is 77.1 Å². The van der Waals surface area contributed by atoms with E-state index in [1.54, 1.807) is 23.9 Å². The van der Waals surface area contributed by atoms with Gasteiger partial charge in [0, 0.05) is 0 Å². The fourth-order valence-corrected chi connectivity index (χ4v) is 4.50. The van der Waals surface area contributed by atoms with E-state index in [9.17, 15) is 4.79 Å². The molecule has 0 saturated carbocycles. The number of thioether (sulfide) groups is 1. The third-order valence-corrected chi connectivity index (χ3v) is 6.20. The van der Waals surface area contributed by atoms with Crippen LogP contribution in [0, 0.1) is 0 Å². The predicted octanol–water partition coefficient (Wildman–Crippen LogP) is 5.83. The Bertz CT molecular complexity index is 1160. The van der Waals surface area contributed by atoms with Crippen LogP contribution in [0.15, 0.2) is 84.3 Å². The maximum Gasteiger partial charge on any atom is 0.337 e. The molecule has 1 aromatic heterocycles. The van der Waals surface area contributed by atoms with E-state index in [2.05, 4.69) is 34.2 Å². The summed E-state index contributed by atoms with van der Waals surface area (Å²) < 4.78 is 10.9. The van der Waals surface area contributed by atoms with Crippen LogP contribution in [0.25, 0.3) is 0 Å². The largest absolute Gasteiger partial charge is 0.465 e. The number of aromatic nitrogens is 3. The Morgan fingerprint density at radius 1 is 1.03 bits per heavy atom. The monoisotopic (exact) mass is 445 g/mol. The van der Waals surface area contributed by atoms with Crippen molar-refractivity contribution in [3.8, 4) is 11.5 Å². The van der Waals surface area contributed by atoms with Gasteiger partial charge in [0.05, 0.1) is 17.9 Å². The van der Waals surface area contributed by atoms with Crippen LogP contribution in [0.1, 0.15) is 39.2 Å². The highest BCUT2D eigenvalue weighted by Crippen LogP contribution is 2.41. The molecule has 1 heterocycles. The molecule has 162 valence electrons. The number of hydrogen-bond acceptors (Lipinski definition) is 6. The van der Waals surface area contributed by atoms with Crippen LogP contribution in [-0.4, -0.2) is 28.3 Å². The summed E-state index contributed by atoms with van der Waals surface area (Å²) in [6.07, 6.45) is 2.34. The summed E-state index contributed by atoms with van der Waals surface area (Å²) in [6.45, 7) is 2.13. The van der Waals surface area contributed by atoms with Gasteiger partial charge in [0.25, 0.3) is 0 Å². The number of nitrogens with zero attached hydrogens (tertiary/aromatic N) is 2. The highest BCUT2D eigenvalue weighted by Gasteiger charge is 2.21.